The van der Waals surface area contributed by atoms with Crippen LogP contribution in [0.1, 0.15) is 43.1 Å². The quantitative estimate of drug-likeness (QED) is 0.250. The summed E-state index contributed by atoms with van der Waals surface area (Å²) in [5, 5.41) is 0.665. The van der Waals surface area contributed by atoms with E-state index in [2.05, 4.69) is 27.5 Å². The van der Waals surface area contributed by atoms with Crippen molar-refractivity contribution in [3.63, 3.8) is 0 Å². The van der Waals surface area contributed by atoms with Gasteiger partial charge < -0.3 is 9.15 Å². The summed E-state index contributed by atoms with van der Waals surface area (Å²) in [5.41, 5.74) is 1.44. The Labute approximate surface area is 206 Å². The van der Waals surface area contributed by atoms with Crippen LogP contribution in [-0.2, 0) is 4.74 Å². The maximum Gasteiger partial charge on any atom is 0.350 e. The fourth-order valence-corrected chi connectivity index (χ4v) is 5.20. The summed E-state index contributed by atoms with van der Waals surface area (Å²) in [5.74, 6) is -1.07. The van der Waals surface area contributed by atoms with Gasteiger partial charge in [0.2, 0.25) is 5.76 Å². The van der Waals surface area contributed by atoms with E-state index in [0.717, 1.165) is 15.8 Å². The number of aryl methyl sites for hydroxylation is 1. The Morgan fingerprint density at radius 1 is 1.24 bits per heavy atom. The molecule has 1 atom stereocenters. The van der Waals surface area contributed by atoms with Crippen molar-refractivity contribution in [1.29, 1.82) is 0 Å². The first-order valence-electron chi connectivity index (χ1n) is 10.3. The zero-order valence-corrected chi connectivity index (χ0v) is 20.3. The zero-order valence-electron chi connectivity index (χ0n) is 17.9. The van der Waals surface area contributed by atoms with Crippen molar-refractivity contribution >= 4 is 55.2 Å². The van der Waals surface area contributed by atoms with Crippen LogP contribution in [0.5, 0.6) is 0 Å². The monoisotopic (exact) mass is 536 g/mol. The first-order chi connectivity index (χ1) is 16.4. The molecule has 9 heteroatoms. The molecule has 0 aliphatic carbocycles. The van der Waals surface area contributed by atoms with Crippen LogP contribution >= 0.6 is 27.3 Å². The molecule has 170 valence electrons. The summed E-state index contributed by atoms with van der Waals surface area (Å²) in [6.07, 6.45) is 1.47. The van der Waals surface area contributed by atoms with Crippen molar-refractivity contribution in [3.05, 3.63) is 103 Å². The first kappa shape index (κ1) is 22.2. The van der Waals surface area contributed by atoms with Gasteiger partial charge in [-0.3, -0.25) is 14.5 Å². The molecule has 1 aliphatic rings. The van der Waals surface area contributed by atoms with Crippen LogP contribution in [0.4, 0.5) is 5.13 Å². The number of rotatable bonds is 5. The molecule has 0 saturated carbocycles. The minimum atomic E-state index is -0.765. The highest BCUT2D eigenvalue weighted by Gasteiger charge is 2.45. The molecule has 2 aromatic heterocycles. The van der Waals surface area contributed by atoms with Gasteiger partial charge in [0.15, 0.2) is 10.6 Å². The maximum atomic E-state index is 13.6. The minimum Gasteiger partial charge on any atom is -0.457 e. The lowest BCUT2D eigenvalue weighted by Crippen LogP contribution is -2.29. The number of ether oxygens (including phenoxy) is 1. The predicted octanol–water partition coefficient (Wildman–Crippen LogP) is 5.41. The number of carbonyl (C=O) groups is 2. The Morgan fingerprint density at radius 3 is 2.71 bits per heavy atom. The third-order valence-electron chi connectivity index (χ3n) is 5.47. The zero-order chi connectivity index (χ0) is 24.0. The molecule has 2 aromatic carbocycles. The molecular weight excluding hydrogens is 520 g/mol. The third kappa shape index (κ3) is 3.57. The van der Waals surface area contributed by atoms with E-state index in [1.807, 2.05) is 24.3 Å². The van der Waals surface area contributed by atoms with Gasteiger partial charge in [-0.1, -0.05) is 64.2 Å². The van der Waals surface area contributed by atoms with Gasteiger partial charge in [0.1, 0.15) is 17.1 Å². The predicted molar refractivity (Wildman–Crippen MR) is 133 cm³/mol. The highest BCUT2D eigenvalue weighted by atomic mass is 79.9. The average molecular weight is 537 g/mol. The van der Waals surface area contributed by atoms with E-state index in [1.54, 1.807) is 31.2 Å². The largest absolute Gasteiger partial charge is 0.457 e. The number of esters is 1. The number of carbonyl (C=O) groups excluding carboxylic acids is 2. The van der Waals surface area contributed by atoms with Gasteiger partial charge >= 0.3 is 5.97 Å². The number of benzene rings is 2. The molecule has 0 bridgehead atoms. The SMILES string of the molecule is C=CCOC(=O)c1sc(N2C(=O)c3oc4ccccc4c(=O)c3[C@H]2c2ccc(Br)cc2)nc1C. The molecule has 0 saturated heterocycles. The Hall–Kier alpha value is -3.56. The van der Waals surface area contributed by atoms with Crippen LogP contribution in [0.3, 0.4) is 0 Å². The Balaban J connectivity index is 1.71. The summed E-state index contributed by atoms with van der Waals surface area (Å²) >= 11 is 4.46. The van der Waals surface area contributed by atoms with E-state index in [9.17, 15) is 14.4 Å². The number of hydrogen-bond acceptors (Lipinski definition) is 7. The van der Waals surface area contributed by atoms with E-state index < -0.39 is 17.9 Å². The molecule has 1 aliphatic heterocycles. The molecule has 1 amide bonds. The van der Waals surface area contributed by atoms with Gasteiger partial charge in [-0.05, 0) is 36.8 Å². The number of amides is 1. The number of fused-ring (bicyclic) bond motifs is 2. The summed E-state index contributed by atoms with van der Waals surface area (Å²) in [6.45, 7) is 5.28. The van der Waals surface area contributed by atoms with Crippen molar-refractivity contribution in [1.82, 2.24) is 4.98 Å². The number of aromatic nitrogens is 1. The summed E-state index contributed by atoms with van der Waals surface area (Å²) in [6, 6.07) is 13.4. The van der Waals surface area contributed by atoms with Gasteiger partial charge in [0.25, 0.3) is 5.91 Å². The summed E-state index contributed by atoms with van der Waals surface area (Å²) < 4.78 is 11.9. The van der Waals surface area contributed by atoms with Crippen molar-refractivity contribution in [2.45, 2.75) is 13.0 Å². The van der Waals surface area contributed by atoms with Crippen molar-refractivity contribution in [3.8, 4) is 0 Å². The number of hydrogen-bond donors (Lipinski definition) is 0. The van der Waals surface area contributed by atoms with E-state index in [1.165, 1.54) is 11.0 Å². The topological polar surface area (TPSA) is 89.7 Å². The fourth-order valence-electron chi connectivity index (χ4n) is 3.95. The molecule has 5 rings (SSSR count). The van der Waals surface area contributed by atoms with Gasteiger partial charge in [-0.2, -0.15) is 0 Å². The second kappa shape index (κ2) is 8.66. The molecule has 0 fully saturated rings. The normalized spacial score (nSPS) is 14.9. The van der Waals surface area contributed by atoms with Gasteiger partial charge in [0.05, 0.1) is 22.7 Å². The first-order valence-corrected chi connectivity index (χ1v) is 11.9. The summed E-state index contributed by atoms with van der Waals surface area (Å²) in [7, 11) is 0. The Morgan fingerprint density at radius 2 is 1.97 bits per heavy atom. The molecule has 7 nitrogen and oxygen atoms in total. The number of para-hydroxylation sites is 1. The second-order valence-electron chi connectivity index (χ2n) is 7.60. The number of halogens is 1. The highest BCUT2D eigenvalue weighted by Crippen LogP contribution is 2.43. The van der Waals surface area contributed by atoms with E-state index >= 15 is 0 Å². The second-order valence-corrected chi connectivity index (χ2v) is 9.49. The Bertz CT molecular complexity index is 1520. The number of anilines is 1. The standard InChI is InChI=1S/C25H17BrN2O5S/c1-3-12-32-24(31)22-13(2)27-25(34-22)28-19(14-8-10-15(26)11-9-14)18-20(29)16-6-4-5-7-17(16)33-21(18)23(28)30/h3-11,19H,1,12H2,2H3/t19-/m1/s1. The molecular formula is C25H17BrN2O5S. The lowest BCUT2D eigenvalue weighted by atomic mass is 9.99. The summed E-state index contributed by atoms with van der Waals surface area (Å²) in [4.78, 5) is 45.8. The third-order valence-corrected chi connectivity index (χ3v) is 7.14. The van der Waals surface area contributed by atoms with Crippen LogP contribution in [-0.4, -0.2) is 23.5 Å². The highest BCUT2D eigenvalue weighted by molar-refractivity contribution is 9.10. The van der Waals surface area contributed by atoms with Gasteiger partial charge in [0, 0.05) is 4.47 Å². The average Bonchev–Trinajstić information content (AvgIpc) is 3.36. The maximum absolute atomic E-state index is 13.6. The van der Waals surface area contributed by atoms with Crippen molar-refractivity contribution in [2.75, 3.05) is 11.5 Å². The molecule has 3 heterocycles. The lowest BCUT2D eigenvalue weighted by molar-refractivity contribution is 0.0554. The van der Waals surface area contributed by atoms with Crippen LogP contribution in [0.25, 0.3) is 11.0 Å². The van der Waals surface area contributed by atoms with E-state index in [4.69, 9.17) is 9.15 Å². The Kier molecular flexibility index (Phi) is 5.66. The van der Waals surface area contributed by atoms with Crippen LogP contribution in [0.2, 0.25) is 0 Å². The van der Waals surface area contributed by atoms with Gasteiger partial charge in [-0.15, -0.1) is 0 Å². The number of nitrogens with zero attached hydrogens (tertiary/aromatic N) is 2. The fraction of sp³-hybridized carbons (Fsp3) is 0.120. The molecule has 4 aromatic rings. The van der Waals surface area contributed by atoms with Crippen LogP contribution in [0, 0.1) is 6.92 Å². The smallest absolute Gasteiger partial charge is 0.350 e. The molecule has 34 heavy (non-hydrogen) atoms. The van der Waals surface area contributed by atoms with Gasteiger partial charge in [-0.25, -0.2) is 9.78 Å². The number of thiazole rings is 1. The van der Waals surface area contributed by atoms with Crippen molar-refractivity contribution in [2.24, 2.45) is 0 Å². The lowest BCUT2D eigenvalue weighted by Gasteiger charge is -2.22. The molecule has 0 radical (unpaired) electrons. The minimum absolute atomic E-state index is 0.0275. The van der Waals surface area contributed by atoms with Crippen molar-refractivity contribution < 1.29 is 18.7 Å². The van der Waals surface area contributed by atoms with Crippen LogP contribution in [0.15, 0.2) is 74.9 Å². The van der Waals surface area contributed by atoms with E-state index in [0.29, 0.717) is 22.2 Å². The van der Waals surface area contributed by atoms with E-state index in [-0.39, 0.29) is 33.4 Å². The molecule has 0 N–H and O–H groups in total. The molecule has 0 spiro atoms. The van der Waals surface area contributed by atoms with Crippen LogP contribution < -0.4 is 10.3 Å². The molecule has 0 unspecified atom stereocenters.